The Bertz CT molecular complexity index is 1020. The average Bonchev–Trinajstić information content (AvgIpc) is 2.78. The molecule has 10 nitrogen and oxygen atoms in total. The van der Waals surface area contributed by atoms with E-state index in [4.69, 9.17) is 4.74 Å². The quantitative estimate of drug-likeness (QED) is 0.603. The number of hydrogen-bond acceptors (Lipinski definition) is 8. The predicted molar refractivity (Wildman–Crippen MR) is 122 cm³/mol. The van der Waals surface area contributed by atoms with Crippen LogP contribution < -0.4 is 19.7 Å². The maximum Gasteiger partial charge on any atom is 0.241 e. The second-order valence-electron chi connectivity index (χ2n) is 7.89. The van der Waals surface area contributed by atoms with E-state index in [1.54, 1.807) is 45.4 Å². The van der Waals surface area contributed by atoms with Crippen LogP contribution in [0.3, 0.4) is 0 Å². The highest BCUT2D eigenvalue weighted by molar-refractivity contribution is 7.89. The number of benzene rings is 1. The standard InChI is InChI=1S/C21H30N6O4S/c1-15(2)25-32(29,30)18-7-5-17(6-8-18)23-20(28)16(3)26-11-13-27(14-12-26)21-22-10-9-19(24-21)31-4/h5-10,15-16,25H,11-14H2,1-4H3,(H,23,28)/t16-/m0/s1. The van der Waals surface area contributed by atoms with Crippen molar-refractivity contribution < 1.29 is 17.9 Å². The van der Waals surface area contributed by atoms with E-state index in [9.17, 15) is 13.2 Å². The van der Waals surface area contributed by atoms with Gasteiger partial charge in [-0.15, -0.1) is 0 Å². The van der Waals surface area contributed by atoms with Crippen LogP contribution in [0.4, 0.5) is 11.6 Å². The predicted octanol–water partition coefficient (Wildman–Crippen LogP) is 1.32. The number of rotatable bonds is 8. The first-order valence-corrected chi connectivity index (χ1v) is 12.0. The molecule has 1 aromatic heterocycles. The molecule has 32 heavy (non-hydrogen) atoms. The molecule has 0 bridgehead atoms. The maximum atomic E-state index is 12.7. The summed E-state index contributed by atoms with van der Waals surface area (Å²) in [5, 5.41) is 2.87. The minimum atomic E-state index is -3.56. The van der Waals surface area contributed by atoms with Gasteiger partial charge < -0.3 is 15.0 Å². The fourth-order valence-corrected chi connectivity index (χ4v) is 4.67. The van der Waals surface area contributed by atoms with Crippen LogP contribution in [0, 0.1) is 0 Å². The molecule has 2 N–H and O–H groups in total. The van der Waals surface area contributed by atoms with Crippen molar-refractivity contribution in [2.45, 2.75) is 37.8 Å². The van der Waals surface area contributed by atoms with Crippen molar-refractivity contribution in [2.75, 3.05) is 43.5 Å². The number of methoxy groups -OCH3 is 1. The third-order valence-electron chi connectivity index (χ3n) is 5.17. The van der Waals surface area contributed by atoms with E-state index in [2.05, 4.69) is 29.8 Å². The Kier molecular flexibility index (Phi) is 7.64. The molecule has 1 saturated heterocycles. The van der Waals surface area contributed by atoms with Gasteiger partial charge in [-0.25, -0.2) is 18.1 Å². The third kappa shape index (κ3) is 5.93. The van der Waals surface area contributed by atoms with Crippen LogP contribution in [0.25, 0.3) is 0 Å². The van der Waals surface area contributed by atoms with E-state index >= 15 is 0 Å². The van der Waals surface area contributed by atoms with E-state index in [0.717, 1.165) is 0 Å². The zero-order valence-corrected chi connectivity index (χ0v) is 19.6. The number of amides is 1. The molecule has 1 aromatic carbocycles. The molecule has 1 fully saturated rings. The van der Waals surface area contributed by atoms with Gasteiger partial charge in [0.1, 0.15) is 0 Å². The van der Waals surface area contributed by atoms with Gasteiger partial charge in [0.25, 0.3) is 0 Å². The maximum absolute atomic E-state index is 12.7. The first-order valence-electron chi connectivity index (χ1n) is 10.5. The summed E-state index contributed by atoms with van der Waals surface area (Å²) in [7, 11) is -2.00. The Hall–Kier alpha value is -2.76. The molecular weight excluding hydrogens is 432 g/mol. The van der Waals surface area contributed by atoms with Gasteiger partial charge in [0.15, 0.2) is 0 Å². The highest BCUT2D eigenvalue weighted by Crippen LogP contribution is 2.18. The molecule has 0 radical (unpaired) electrons. The van der Waals surface area contributed by atoms with Crippen molar-refractivity contribution in [1.29, 1.82) is 0 Å². The van der Waals surface area contributed by atoms with E-state index in [-0.39, 0.29) is 22.9 Å². The van der Waals surface area contributed by atoms with Crippen molar-refractivity contribution in [2.24, 2.45) is 0 Å². The smallest absolute Gasteiger partial charge is 0.241 e. The van der Waals surface area contributed by atoms with Crippen molar-refractivity contribution in [1.82, 2.24) is 19.6 Å². The Labute approximate surface area is 189 Å². The molecule has 0 spiro atoms. The number of sulfonamides is 1. The van der Waals surface area contributed by atoms with Gasteiger partial charge >= 0.3 is 0 Å². The summed E-state index contributed by atoms with van der Waals surface area (Å²) in [6.45, 7) is 8.15. The second-order valence-corrected chi connectivity index (χ2v) is 9.60. The third-order valence-corrected chi connectivity index (χ3v) is 6.85. The van der Waals surface area contributed by atoms with Crippen molar-refractivity contribution in [3.63, 3.8) is 0 Å². The number of carbonyl (C=O) groups is 1. The summed E-state index contributed by atoms with van der Waals surface area (Å²) in [4.78, 5) is 25.7. The van der Waals surface area contributed by atoms with Crippen molar-refractivity contribution >= 4 is 27.6 Å². The Morgan fingerprint density at radius 2 is 1.72 bits per heavy atom. The molecule has 174 valence electrons. The SMILES string of the molecule is COc1ccnc(N2CCN([C@@H](C)C(=O)Nc3ccc(S(=O)(=O)NC(C)C)cc3)CC2)n1. The van der Waals surface area contributed by atoms with Crippen LogP contribution in [-0.4, -0.2) is 74.6 Å². The fraction of sp³-hybridized carbons (Fsp3) is 0.476. The number of piperazine rings is 1. The van der Waals surface area contributed by atoms with Crippen LogP contribution in [0.1, 0.15) is 20.8 Å². The van der Waals surface area contributed by atoms with Crippen LogP contribution in [0.15, 0.2) is 41.4 Å². The molecule has 3 rings (SSSR count). The first kappa shape index (κ1) is 23.9. The zero-order valence-electron chi connectivity index (χ0n) is 18.8. The molecular formula is C21H30N6O4S. The molecule has 1 atom stereocenters. The number of aromatic nitrogens is 2. The number of ether oxygens (including phenoxy) is 1. The Morgan fingerprint density at radius 3 is 2.31 bits per heavy atom. The first-order chi connectivity index (χ1) is 15.2. The average molecular weight is 463 g/mol. The highest BCUT2D eigenvalue weighted by atomic mass is 32.2. The fourth-order valence-electron chi connectivity index (χ4n) is 3.42. The summed E-state index contributed by atoms with van der Waals surface area (Å²) >= 11 is 0. The van der Waals surface area contributed by atoms with Crippen LogP contribution in [0.5, 0.6) is 5.88 Å². The van der Waals surface area contributed by atoms with E-state index in [0.29, 0.717) is 43.7 Å². The van der Waals surface area contributed by atoms with Crippen LogP contribution in [0.2, 0.25) is 0 Å². The number of anilines is 2. The zero-order chi connectivity index (χ0) is 23.3. The summed E-state index contributed by atoms with van der Waals surface area (Å²) in [5.74, 6) is 0.985. The number of nitrogens with zero attached hydrogens (tertiary/aromatic N) is 4. The van der Waals surface area contributed by atoms with E-state index < -0.39 is 10.0 Å². The van der Waals surface area contributed by atoms with Gasteiger partial charge in [0.2, 0.25) is 27.8 Å². The molecule has 0 saturated carbocycles. The molecule has 0 aliphatic carbocycles. The highest BCUT2D eigenvalue weighted by Gasteiger charge is 2.27. The van der Waals surface area contributed by atoms with Gasteiger partial charge in [0, 0.05) is 50.2 Å². The number of hydrogen-bond donors (Lipinski definition) is 2. The summed E-state index contributed by atoms with van der Waals surface area (Å²) in [5.41, 5.74) is 0.550. The molecule has 1 amide bonds. The van der Waals surface area contributed by atoms with E-state index in [1.807, 2.05) is 6.92 Å². The van der Waals surface area contributed by atoms with Gasteiger partial charge in [-0.1, -0.05) is 0 Å². The largest absolute Gasteiger partial charge is 0.481 e. The second kappa shape index (κ2) is 10.2. The monoisotopic (exact) mass is 462 g/mol. The van der Waals surface area contributed by atoms with Crippen molar-refractivity contribution in [3.8, 4) is 5.88 Å². The van der Waals surface area contributed by atoms with Gasteiger partial charge in [-0.05, 0) is 45.0 Å². The number of carbonyl (C=O) groups excluding carboxylic acids is 1. The van der Waals surface area contributed by atoms with Gasteiger partial charge in [-0.3, -0.25) is 9.69 Å². The lowest BCUT2D eigenvalue weighted by Gasteiger charge is -2.37. The molecule has 0 unspecified atom stereocenters. The molecule has 2 aromatic rings. The summed E-state index contributed by atoms with van der Waals surface area (Å²) < 4.78 is 32.2. The normalized spacial score (nSPS) is 16.1. The van der Waals surface area contributed by atoms with Gasteiger partial charge in [0.05, 0.1) is 18.0 Å². The lowest BCUT2D eigenvalue weighted by molar-refractivity contribution is -0.120. The Morgan fingerprint density at radius 1 is 1.06 bits per heavy atom. The molecule has 1 aliphatic heterocycles. The van der Waals surface area contributed by atoms with Crippen LogP contribution >= 0.6 is 0 Å². The summed E-state index contributed by atoms with van der Waals surface area (Å²) in [6, 6.07) is 7.32. The lowest BCUT2D eigenvalue weighted by atomic mass is 10.2. The molecule has 1 aliphatic rings. The Balaban J connectivity index is 1.55. The van der Waals surface area contributed by atoms with Crippen LogP contribution in [-0.2, 0) is 14.8 Å². The van der Waals surface area contributed by atoms with Crippen molar-refractivity contribution in [3.05, 3.63) is 36.5 Å². The number of nitrogens with one attached hydrogen (secondary N) is 2. The molecule has 11 heteroatoms. The minimum absolute atomic E-state index is 0.146. The van der Waals surface area contributed by atoms with Gasteiger partial charge in [-0.2, -0.15) is 4.98 Å². The lowest BCUT2D eigenvalue weighted by Crippen LogP contribution is -2.53. The van der Waals surface area contributed by atoms with E-state index in [1.165, 1.54) is 12.1 Å². The molecule has 2 heterocycles. The minimum Gasteiger partial charge on any atom is -0.481 e. The summed E-state index contributed by atoms with van der Waals surface area (Å²) in [6.07, 6.45) is 1.67. The topological polar surface area (TPSA) is 117 Å².